The SMILES string of the molecule is O=C(N[C@H]1C[C@H]2CN(Cc3cccc(F)c3)C[C@H]2C[C@@H]1O)C1(Cn2cccn2)CC1. The van der Waals surface area contributed by atoms with Crippen LogP contribution in [0.3, 0.4) is 0 Å². The molecule has 2 N–H and O–H groups in total. The monoisotopic (exact) mass is 412 g/mol. The second-order valence-corrected chi connectivity index (χ2v) is 9.45. The van der Waals surface area contributed by atoms with Crippen molar-refractivity contribution in [3.63, 3.8) is 0 Å². The second-order valence-electron chi connectivity index (χ2n) is 9.45. The second kappa shape index (κ2) is 7.78. The molecule has 2 aliphatic carbocycles. The number of carbonyl (C=O) groups is 1. The van der Waals surface area contributed by atoms with E-state index in [0.29, 0.717) is 24.8 Å². The van der Waals surface area contributed by atoms with Crippen molar-refractivity contribution in [2.24, 2.45) is 17.3 Å². The number of hydrogen-bond acceptors (Lipinski definition) is 4. The maximum atomic E-state index is 13.5. The zero-order chi connectivity index (χ0) is 20.7. The van der Waals surface area contributed by atoms with Gasteiger partial charge in [-0.05, 0) is 61.3 Å². The zero-order valence-corrected chi connectivity index (χ0v) is 17.1. The van der Waals surface area contributed by atoms with E-state index in [9.17, 15) is 14.3 Å². The summed E-state index contributed by atoms with van der Waals surface area (Å²) in [6, 6.07) is 8.44. The van der Waals surface area contributed by atoms with Crippen molar-refractivity contribution in [2.45, 2.75) is 50.9 Å². The summed E-state index contributed by atoms with van der Waals surface area (Å²) in [6.07, 6.45) is 6.36. The van der Waals surface area contributed by atoms with Crippen molar-refractivity contribution in [3.05, 3.63) is 54.1 Å². The first-order valence-corrected chi connectivity index (χ1v) is 10.9. The van der Waals surface area contributed by atoms with E-state index in [1.54, 1.807) is 18.3 Å². The molecule has 1 amide bonds. The molecule has 1 aromatic carbocycles. The van der Waals surface area contributed by atoms with Crippen molar-refractivity contribution < 1.29 is 14.3 Å². The molecular formula is C23H29FN4O2. The van der Waals surface area contributed by atoms with E-state index in [2.05, 4.69) is 15.3 Å². The number of rotatable bonds is 6. The van der Waals surface area contributed by atoms with Gasteiger partial charge < -0.3 is 10.4 Å². The topological polar surface area (TPSA) is 70.4 Å². The van der Waals surface area contributed by atoms with Crippen LogP contribution >= 0.6 is 0 Å². The maximum Gasteiger partial charge on any atom is 0.228 e. The summed E-state index contributed by atoms with van der Waals surface area (Å²) >= 11 is 0. The minimum atomic E-state index is -0.509. The number of amides is 1. The number of carbonyl (C=O) groups excluding carboxylic acids is 1. The molecule has 4 atom stereocenters. The molecule has 7 heteroatoms. The molecule has 1 aliphatic heterocycles. The Bertz CT molecular complexity index is 898. The van der Waals surface area contributed by atoms with Gasteiger partial charge in [0, 0.05) is 32.0 Å². The Hall–Kier alpha value is -2.25. The summed E-state index contributed by atoms with van der Waals surface area (Å²) in [5.41, 5.74) is 0.607. The van der Waals surface area contributed by atoms with Crippen LogP contribution in [0, 0.1) is 23.1 Å². The third-order valence-corrected chi connectivity index (χ3v) is 7.19. The molecule has 3 aliphatic rings. The van der Waals surface area contributed by atoms with Gasteiger partial charge in [0.25, 0.3) is 0 Å². The van der Waals surface area contributed by atoms with E-state index < -0.39 is 6.10 Å². The zero-order valence-electron chi connectivity index (χ0n) is 17.1. The molecule has 160 valence electrons. The third kappa shape index (κ3) is 4.01. The number of aliphatic hydroxyl groups excluding tert-OH is 1. The Kier molecular flexibility index (Phi) is 5.11. The van der Waals surface area contributed by atoms with Crippen molar-refractivity contribution >= 4 is 5.91 Å². The Morgan fingerprint density at radius 1 is 1.23 bits per heavy atom. The highest BCUT2D eigenvalue weighted by atomic mass is 19.1. The molecule has 1 saturated heterocycles. The van der Waals surface area contributed by atoms with Crippen molar-refractivity contribution in [2.75, 3.05) is 13.1 Å². The van der Waals surface area contributed by atoms with Gasteiger partial charge in [0.05, 0.1) is 24.1 Å². The smallest absolute Gasteiger partial charge is 0.228 e. The van der Waals surface area contributed by atoms with Crippen LogP contribution in [0.15, 0.2) is 42.7 Å². The predicted octanol–water partition coefficient (Wildman–Crippen LogP) is 2.19. The fourth-order valence-corrected chi connectivity index (χ4v) is 5.34. The molecule has 0 spiro atoms. The Balaban J connectivity index is 1.18. The van der Waals surface area contributed by atoms with E-state index in [1.165, 1.54) is 6.07 Å². The van der Waals surface area contributed by atoms with Gasteiger partial charge in [-0.2, -0.15) is 5.10 Å². The van der Waals surface area contributed by atoms with Crippen LogP contribution in [0.25, 0.3) is 0 Å². The van der Waals surface area contributed by atoms with E-state index in [4.69, 9.17) is 0 Å². The van der Waals surface area contributed by atoms with Crippen LogP contribution in [-0.2, 0) is 17.9 Å². The molecule has 0 unspecified atom stereocenters. The number of nitrogens with zero attached hydrogens (tertiary/aromatic N) is 3. The lowest BCUT2D eigenvalue weighted by atomic mass is 9.77. The summed E-state index contributed by atoms with van der Waals surface area (Å²) in [5.74, 6) is 0.732. The number of hydrogen-bond donors (Lipinski definition) is 2. The molecule has 3 fully saturated rings. The van der Waals surface area contributed by atoms with Gasteiger partial charge in [0.1, 0.15) is 5.82 Å². The highest BCUT2D eigenvalue weighted by Crippen LogP contribution is 2.48. The minimum absolute atomic E-state index is 0.0510. The van der Waals surface area contributed by atoms with Crippen LogP contribution in [0.4, 0.5) is 4.39 Å². The average molecular weight is 413 g/mol. The first-order chi connectivity index (χ1) is 14.5. The Labute approximate surface area is 176 Å². The Morgan fingerprint density at radius 2 is 2.03 bits per heavy atom. The fourth-order valence-electron chi connectivity index (χ4n) is 5.34. The summed E-state index contributed by atoms with van der Waals surface area (Å²) < 4.78 is 15.3. The van der Waals surface area contributed by atoms with Gasteiger partial charge in [0.2, 0.25) is 5.91 Å². The van der Waals surface area contributed by atoms with Crippen LogP contribution < -0.4 is 5.32 Å². The lowest BCUT2D eigenvalue weighted by molar-refractivity contribution is -0.129. The van der Waals surface area contributed by atoms with E-state index in [0.717, 1.165) is 44.5 Å². The van der Waals surface area contributed by atoms with Gasteiger partial charge in [-0.1, -0.05) is 12.1 Å². The maximum absolute atomic E-state index is 13.5. The number of nitrogens with one attached hydrogen (secondary N) is 1. The lowest BCUT2D eigenvalue weighted by Crippen LogP contribution is -2.51. The molecule has 2 saturated carbocycles. The van der Waals surface area contributed by atoms with E-state index in [1.807, 2.05) is 23.0 Å². The number of benzene rings is 1. The number of aliphatic hydroxyl groups is 1. The highest BCUT2D eigenvalue weighted by molar-refractivity contribution is 5.85. The number of aromatic nitrogens is 2. The molecule has 6 nitrogen and oxygen atoms in total. The largest absolute Gasteiger partial charge is 0.391 e. The summed E-state index contributed by atoms with van der Waals surface area (Å²) in [7, 11) is 0. The number of halogens is 1. The van der Waals surface area contributed by atoms with Gasteiger partial charge in [0.15, 0.2) is 0 Å². The van der Waals surface area contributed by atoms with Gasteiger partial charge >= 0.3 is 0 Å². The molecular weight excluding hydrogens is 383 g/mol. The van der Waals surface area contributed by atoms with Gasteiger partial charge in [-0.3, -0.25) is 14.4 Å². The normalized spacial score (nSPS) is 30.1. The molecule has 30 heavy (non-hydrogen) atoms. The minimum Gasteiger partial charge on any atom is -0.391 e. The van der Waals surface area contributed by atoms with Gasteiger partial charge in [-0.15, -0.1) is 0 Å². The summed E-state index contributed by atoms with van der Waals surface area (Å²) in [6.45, 7) is 3.17. The van der Waals surface area contributed by atoms with Crippen LogP contribution in [-0.4, -0.2) is 50.9 Å². The quantitative estimate of drug-likeness (QED) is 0.763. The van der Waals surface area contributed by atoms with Crippen molar-refractivity contribution in [1.82, 2.24) is 20.0 Å². The third-order valence-electron chi connectivity index (χ3n) is 7.19. The van der Waals surface area contributed by atoms with Crippen LogP contribution in [0.2, 0.25) is 0 Å². The first kappa shape index (κ1) is 19.7. The highest BCUT2D eigenvalue weighted by Gasteiger charge is 2.52. The predicted molar refractivity (Wildman–Crippen MR) is 110 cm³/mol. The lowest BCUT2D eigenvalue weighted by Gasteiger charge is -2.36. The Morgan fingerprint density at radius 3 is 2.73 bits per heavy atom. The van der Waals surface area contributed by atoms with E-state index in [-0.39, 0.29) is 23.2 Å². The fraction of sp³-hybridized carbons (Fsp3) is 0.565. The molecule has 0 radical (unpaired) electrons. The molecule has 2 heterocycles. The van der Waals surface area contributed by atoms with Crippen molar-refractivity contribution in [1.29, 1.82) is 0 Å². The number of fused-ring (bicyclic) bond motifs is 1. The summed E-state index contributed by atoms with van der Waals surface area (Å²) in [4.78, 5) is 15.3. The van der Waals surface area contributed by atoms with Crippen molar-refractivity contribution in [3.8, 4) is 0 Å². The molecule has 5 rings (SSSR count). The van der Waals surface area contributed by atoms with Gasteiger partial charge in [-0.25, -0.2) is 4.39 Å². The molecule has 2 aromatic rings. The van der Waals surface area contributed by atoms with Crippen LogP contribution in [0.1, 0.15) is 31.2 Å². The molecule has 0 bridgehead atoms. The first-order valence-electron chi connectivity index (χ1n) is 10.9. The standard InChI is InChI=1S/C23H29FN4O2/c24-19-4-1-3-16(9-19)12-27-13-17-10-20(21(29)11-18(17)14-27)26-22(30)23(5-6-23)15-28-8-2-7-25-28/h1-4,7-9,17-18,20-21,29H,5-6,10-15H2,(H,26,30)/t17-,18+,20-,21-/m0/s1. The molecule has 1 aromatic heterocycles. The number of likely N-dealkylation sites (tertiary alicyclic amines) is 1. The summed E-state index contributed by atoms with van der Waals surface area (Å²) in [5, 5.41) is 18.1. The van der Waals surface area contributed by atoms with Crippen LogP contribution in [0.5, 0.6) is 0 Å². The average Bonchev–Trinajstić information content (AvgIpc) is 3.12. The van der Waals surface area contributed by atoms with E-state index >= 15 is 0 Å².